The lowest BCUT2D eigenvalue weighted by Gasteiger charge is -2.23. The number of sulfonamides is 1. The van der Waals surface area contributed by atoms with Crippen molar-refractivity contribution in [2.45, 2.75) is 58.5 Å². The number of nitrogens with one attached hydrogen (secondary N) is 1. The normalized spacial score (nSPS) is 17.5. The van der Waals surface area contributed by atoms with Gasteiger partial charge in [0.2, 0.25) is 10.0 Å². The fourth-order valence-electron chi connectivity index (χ4n) is 5.11. The third kappa shape index (κ3) is 5.83. The fourth-order valence-corrected chi connectivity index (χ4v) is 6.28. The van der Waals surface area contributed by atoms with Crippen LogP contribution in [0.1, 0.15) is 55.2 Å². The van der Waals surface area contributed by atoms with E-state index >= 15 is 0 Å². The van der Waals surface area contributed by atoms with Crippen molar-refractivity contribution in [3.05, 3.63) is 52.8 Å². The summed E-state index contributed by atoms with van der Waals surface area (Å²) in [4.78, 5) is 9.13. The molecule has 2 aromatic carbocycles. The summed E-state index contributed by atoms with van der Waals surface area (Å²) < 4.78 is 65.6. The van der Waals surface area contributed by atoms with E-state index in [1.54, 1.807) is 32.0 Å². The van der Waals surface area contributed by atoms with E-state index in [2.05, 4.69) is 15.3 Å². The van der Waals surface area contributed by atoms with E-state index in [1.165, 1.54) is 23.7 Å². The molecule has 0 saturated carbocycles. The Bertz CT molecular complexity index is 1440. The first kappa shape index (κ1) is 28.0. The van der Waals surface area contributed by atoms with E-state index in [1.807, 2.05) is 13.0 Å². The van der Waals surface area contributed by atoms with Gasteiger partial charge in [-0.05, 0) is 50.8 Å². The third-order valence-corrected chi connectivity index (χ3v) is 8.27. The smallest absolute Gasteiger partial charge is 0.270 e. The third-order valence-electron chi connectivity index (χ3n) is 6.94. The largest absolute Gasteiger partial charge is 0.493 e. The van der Waals surface area contributed by atoms with E-state index in [0.717, 1.165) is 18.9 Å². The molecular weight excluding hydrogens is 514 g/mol. The van der Waals surface area contributed by atoms with Crippen molar-refractivity contribution in [2.24, 2.45) is 0 Å². The number of aryl methyl sites for hydroxylation is 1. The number of nitrogens with zero attached hydrogens (tertiary/aromatic N) is 3. The number of aromatic nitrogens is 2. The minimum atomic E-state index is -3.33. The topological polar surface area (TPSA) is 93.7 Å². The molecular formula is C27H34F2N4O4S. The summed E-state index contributed by atoms with van der Waals surface area (Å²) >= 11 is 0. The number of rotatable bonds is 9. The van der Waals surface area contributed by atoms with Crippen molar-refractivity contribution < 1.29 is 26.7 Å². The molecule has 206 valence electrons. The highest BCUT2D eigenvalue weighted by Crippen LogP contribution is 2.37. The number of hydrogen-bond donors (Lipinski definition) is 1. The van der Waals surface area contributed by atoms with Gasteiger partial charge in [0.1, 0.15) is 18.2 Å². The van der Waals surface area contributed by atoms with Crippen molar-refractivity contribution in [1.82, 2.24) is 14.3 Å². The minimum absolute atomic E-state index is 0.0113. The summed E-state index contributed by atoms with van der Waals surface area (Å²) in [7, 11) is -1.80. The number of halogens is 2. The zero-order valence-electron chi connectivity index (χ0n) is 22.5. The summed E-state index contributed by atoms with van der Waals surface area (Å²) in [6, 6.07) is 7.84. The van der Waals surface area contributed by atoms with Crippen LogP contribution in [-0.2, 0) is 15.9 Å². The SMILES string of the molecule is COc1cc2nc(C)nc(N[C@H](C)c3cccc(C(C)(F)F)c3C)c2cc1OC[C@@H]1CCCN1S(C)(=O)=O. The summed E-state index contributed by atoms with van der Waals surface area (Å²) in [5.41, 5.74) is 1.87. The number of hydrogen-bond acceptors (Lipinski definition) is 7. The van der Waals surface area contributed by atoms with Crippen LogP contribution in [0.25, 0.3) is 10.9 Å². The molecule has 1 aliphatic heterocycles. The van der Waals surface area contributed by atoms with Gasteiger partial charge in [-0.3, -0.25) is 0 Å². The van der Waals surface area contributed by atoms with Gasteiger partial charge in [0.15, 0.2) is 11.5 Å². The predicted octanol–water partition coefficient (Wildman–Crippen LogP) is 5.34. The molecule has 1 aliphatic rings. The lowest BCUT2D eigenvalue weighted by molar-refractivity contribution is 0.0167. The second-order valence-electron chi connectivity index (χ2n) is 9.89. The zero-order chi connectivity index (χ0) is 27.8. The van der Waals surface area contributed by atoms with Crippen molar-refractivity contribution >= 4 is 26.7 Å². The molecule has 8 nitrogen and oxygen atoms in total. The van der Waals surface area contributed by atoms with Crippen LogP contribution in [0.3, 0.4) is 0 Å². The predicted molar refractivity (Wildman–Crippen MR) is 144 cm³/mol. The molecule has 1 fully saturated rings. The Balaban J connectivity index is 1.67. The van der Waals surface area contributed by atoms with Gasteiger partial charge in [-0.1, -0.05) is 18.2 Å². The highest BCUT2D eigenvalue weighted by molar-refractivity contribution is 7.88. The van der Waals surface area contributed by atoms with Crippen LogP contribution in [0.4, 0.5) is 14.6 Å². The van der Waals surface area contributed by atoms with Crippen molar-refractivity contribution in [3.8, 4) is 11.5 Å². The number of alkyl halides is 2. The quantitative estimate of drug-likeness (QED) is 0.386. The second-order valence-corrected chi connectivity index (χ2v) is 11.8. The van der Waals surface area contributed by atoms with Crippen LogP contribution < -0.4 is 14.8 Å². The van der Waals surface area contributed by atoms with Crippen LogP contribution in [0.2, 0.25) is 0 Å². The molecule has 1 aromatic heterocycles. The first-order valence-electron chi connectivity index (χ1n) is 12.5. The van der Waals surface area contributed by atoms with Crippen LogP contribution in [0.15, 0.2) is 30.3 Å². The Morgan fingerprint density at radius 3 is 2.61 bits per heavy atom. The van der Waals surface area contributed by atoms with Gasteiger partial charge in [-0.25, -0.2) is 27.2 Å². The molecule has 0 unspecified atom stereocenters. The zero-order valence-corrected chi connectivity index (χ0v) is 23.3. The molecule has 0 radical (unpaired) electrons. The Hall–Kier alpha value is -3.05. The van der Waals surface area contributed by atoms with Gasteiger partial charge >= 0.3 is 0 Å². The molecule has 1 saturated heterocycles. The van der Waals surface area contributed by atoms with Crippen molar-refractivity contribution in [2.75, 3.05) is 31.8 Å². The monoisotopic (exact) mass is 548 g/mol. The van der Waals surface area contributed by atoms with Crippen LogP contribution in [-0.4, -0.2) is 55.3 Å². The molecule has 11 heteroatoms. The van der Waals surface area contributed by atoms with E-state index in [4.69, 9.17) is 9.47 Å². The fraction of sp³-hybridized carbons (Fsp3) is 0.481. The molecule has 0 spiro atoms. The van der Waals surface area contributed by atoms with Gasteiger partial charge in [0.25, 0.3) is 5.92 Å². The molecule has 38 heavy (non-hydrogen) atoms. The van der Waals surface area contributed by atoms with Crippen LogP contribution >= 0.6 is 0 Å². The van der Waals surface area contributed by atoms with E-state index in [-0.39, 0.29) is 24.3 Å². The van der Waals surface area contributed by atoms with E-state index in [9.17, 15) is 17.2 Å². The lowest BCUT2D eigenvalue weighted by atomic mass is 9.94. The van der Waals surface area contributed by atoms with E-state index < -0.39 is 15.9 Å². The van der Waals surface area contributed by atoms with E-state index in [0.29, 0.717) is 52.6 Å². The first-order valence-corrected chi connectivity index (χ1v) is 14.3. The van der Waals surface area contributed by atoms with Crippen LogP contribution in [0, 0.1) is 13.8 Å². The molecule has 0 bridgehead atoms. The number of anilines is 1. The van der Waals surface area contributed by atoms with Crippen molar-refractivity contribution in [1.29, 1.82) is 0 Å². The highest BCUT2D eigenvalue weighted by atomic mass is 32.2. The molecule has 1 N–H and O–H groups in total. The van der Waals surface area contributed by atoms with Gasteiger partial charge in [0.05, 0.1) is 31.0 Å². The standard InChI is InChI=1S/C27H34F2N4O4S/c1-16-20(10-7-11-22(16)27(4,28)29)17(2)30-26-21-13-25(24(36-5)14-23(21)31-18(3)32-26)37-15-19-9-8-12-33(19)38(6,34)35/h7,10-11,13-14,17,19H,8-9,12,15H2,1-6H3,(H,30,31,32)/t17-,19+/m1/s1. The second kappa shape index (κ2) is 10.6. The summed E-state index contributed by atoms with van der Waals surface area (Å²) in [6.45, 7) is 6.92. The molecule has 4 rings (SSSR count). The highest BCUT2D eigenvalue weighted by Gasteiger charge is 2.32. The average Bonchev–Trinajstić information content (AvgIpc) is 3.31. The number of benzene rings is 2. The van der Waals surface area contributed by atoms with Gasteiger partial charge in [-0.15, -0.1) is 0 Å². The van der Waals surface area contributed by atoms with Crippen LogP contribution in [0.5, 0.6) is 11.5 Å². The molecule has 2 atom stereocenters. The Kier molecular flexibility index (Phi) is 7.81. The number of methoxy groups -OCH3 is 1. The molecule has 0 aliphatic carbocycles. The van der Waals surface area contributed by atoms with Gasteiger partial charge < -0.3 is 14.8 Å². The van der Waals surface area contributed by atoms with Gasteiger partial charge in [0, 0.05) is 30.5 Å². The van der Waals surface area contributed by atoms with Crippen molar-refractivity contribution in [3.63, 3.8) is 0 Å². The maximum atomic E-state index is 14.1. The summed E-state index contributed by atoms with van der Waals surface area (Å²) in [5.74, 6) is -0.991. The summed E-state index contributed by atoms with van der Waals surface area (Å²) in [5, 5.41) is 4.04. The summed E-state index contributed by atoms with van der Waals surface area (Å²) in [6.07, 6.45) is 2.70. The lowest BCUT2D eigenvalue weighted by Crippen LogP contribution is -2.38. The minimum Gasteiger partial charge on any atom is -0.493 e. The first-order chi connectivity index (χ1) is 17.8. The molecule has 3 aromatic rings. The Morgan fingerprint density at radius 1 is 1.21 bits per heavy atom. The maximum absolute atomic E-state index is 14.1. The van der Waals surface area contributed by atoms with Gasteiger partial charge in [-0.2, -0.15) is 4.31 Å². The number of fused-ring (bicyclic) bond motifs is 1. The molecule has 2 heterocycles. The number of ether oxygens (including phenoxy) is 2. The molecule has 0 amide bonds. The Morgan fingerprint density at radius 2 is 1.95 bits per heavy atom. The Labute approximate surface area is 222 Å². The average molecular weight is 549 g/mol. The maximum Gasteiger partial charge on any atom is 0.270 e.